The summed E-state index contributed by atoms with van der Waals surface area (Å²) in [6.07, 6.45) is 2.72. The van der Waals surface area contributed by atoms with Crippen LogP contribution < -0.4 is 4.74 Å². The zero-order valence-corrected chi connectivity index (χ0v) is 14.4. The Balaban J connectivity index is 2.03. The molecule has 2 rings (SSSR count). The Bertz CT molecular complexity index is 769. The number of carbonyl (C=O) groups excluding carboxylic acids is 2. The number of hydrogen-bond acceptors (Lipinski definition) is 4. The topological polar surface area (TPSA) is 52.6 Å². The van der Waals surface area contributed by atoms with E-state index in [9.17, 15) is 14.0 Å². The fraction of sp³-hybridized carbons (Fsp3) is 0.111. The van der Waals surface area contributed by atoms with Gasteiger partial charge in [0, 0.05) is 15.6 Å². The van der Waals surface area contributed by atoms with Gasteiger partial charge in [-0.05, 0) is 54.6 Å². The largest absolute Gasteiger partial charge is 0.482 e. The first-order valence-electron chi connectivity index (χ1n) is 6.97. The predicted octanol–water partition coefficient (Wildman–Crippen LogP) is 4.04. The number of hydrogen-bond donors (Lipinski definition) is 0. The van der Waals surface area contributed by atoms with Crippen molar-refractivity contribution in [3.05, 3.63) is 70.0 Å². The summed E-state index contributed by atoms with van der Waals surface area (Å²) in [6.45, 7) is -0.203. The van der Waals surface area contributed by atoms with E-state index in [0.717, 1.165) is 4.47 Å². The van der Waals surface area contributed by atoms with Crippen LogP contribution in [0.3, 0.4) is 0 Å². The summed E-state index contributed by atoms with van der Waals surface area (Å²) in [5, 5.41) is 0. The van der Waals surface area contributed by atoms with Gasteiger partial charge in [-0.1, -0.05) is 15.9 Å². The highest BCUT2D eigenvalue weighted by Crippen LogP contribution is 2.18. The molecule has 0 bridgehead atoms. The van der Waals surface area contributed by atoms with E-state index in [0.29, 0.717) is 16.9 Å². The van der Waals surface area contributed by atoms with Crippen LogP contribution >= 0.6 is 15.9 Å². The van der Waals surface area contributed by atoms with E-state index in [1.54, 1.807) is 36.4 Å². The molecule has 0 aromatic heterocycles. The first kappa shape index (κ1) is 17.9. The molecule has 24 heavy (non-hydrogen) atoms. The van der Waals surface area contributed by atoms with Crippen molar-refractivity contribution >= 4 is 33.8 Å². The van der Waals surface area contributed by atoms with E-state index >= 15 is 0 Å². The van der Waals surface area contributed by atoms with Crippen molar-refractivity contribution in [3.63, 3.8) is 0 Å². The molecule has 0 N–H and O–H groups in total. The first-order valence-corrected chi connectivity index (χ1v) is 7.76. The SMILES string of the molecule is COC(=O)COc1ccc(C(=O)C=Cc2cc(Br)ccc2F)cc1. The highest BCUT2D eigenvalue weighted by molar-refractivity contribution is 9.10. The van der Waals surface area contributed by atoms with Crippen molar-refractivity contribution in [2.75, 3.05) is 13.7 Å². The summed E-state index contributed by atoms with van der Waals surface area (Å²) in [7, 11) is 1.27. The van der Waals surface area contributed by atoms with Gasteiger partial charge in [0.1, 0.15) is 11.6 Å². The van der Waals surface area contributed by atoms with Crippen molar-refractivity contribution in [1.29, 1.82) is 0 Å². The Morgan fingerprint density at radius 1 is 1.17 bits per heavy atom. The molecule has 0 amide bonds. The van der Waals surface area contributed by atoms with Gasteiger partial charge in [-0.25, -0.2) is 9.18 Å². The van der Waals surface area contributed by atoms with Crippen LogP contribution in [0.4, 0.5) is 4.39 Å². The number of halogens is 2. The van der Waals surface area contributed by atoms with Crippen molar-refractivity contribution in [1.82, 2.24) is 0 Å². The second-order valence-electron chi connectivity index (χ2n) is 4.75. The smallest absolute Gasteiger partial charge is 0.343 e. The summed E-state index contributed by atoms with van der Waals surface area (Å²) in [4.78, 5) is 23.1. The van der Waals surface area contributed by atoms with E-state index in [2.05, 4.69) is 20.7 Å². The van der Waals surface area contributed by atoms with Gasteiger partial charge in [0.15, 0.2) is 12.4 Å². The Hall–Kier alpha value is -2.47. The maximum atomic E-state index is 13.6. The zero-order chi connectivity index (χ0) is 17.5. The molecule has 0 unspecified atom stereocenters. The minimum Gasteiger partial charge on any atom is -0.482 e. The van der Waals surface area contributed by atoms with E-state index < -0.39 is 11.8 Å². The summed E-state index contributed by atoms with van der Waals surface area (Å²) in [6, 6.07) is 10.8. The summed E-state index contributed by atoms with van der Waals surface area (Å²) in [5.41, 5.74) is 0.739. The minimum absolute atomic E-state index is 0.203. The van der Waals surface area contributed by atoms with Gasteiger partial charge in [0.25, 0.3) is 0 Å². The molecular weight excluding hydrogens is 379 g/mol. The molecule has 0 atom stereocenters. The number of allylic oxidation sites excluding steroid dienone is 1. The Kier molecular flexibility index (Phi) is 6.26. The van der Waals surface area contributed by atoms with Crippen LogP contribution in [0.5, 0.6) is 5.75 Å². The molecule has 0 saturated carbocycles. The fourth-order valence-corrected chi connectivity index (χ4v) is 2.20. The number of rotatable bonds is 6. The lowest BCUT2D eigenvalue weighted by atomic mass is 10.1. The Morgan fingerprint density at radius 3 is 2.54 bits per heavy atom. The molecule has 0 aliphatic heterocycles. The van der Waals surface area contributed by atoms with Crippen molar-refractivity contribution in [3.8, 4) is 5.75 Å². The molecule has 4 nitrogen and oxygen atoms in total. The summed E-state index contributed by atoms with van der Waals surface area (Å²) < 4.78 is 24.0. The van der Waals surface area contributed by atoms with Gasteiger partial charge in [-0.3, -0.25) is 4.79 Å². The van der Waals surface area contributed by atoms with Crippen molar-refractivity contribution < 1.29 is 23.5 Å². The van der Waals surface area contributed by atoms with Crippen LogP contribution in [-0.4, -0.2) is 25.5 Å². The van der Waals surface area contributed by atoms with Crippen LogP contribution in [0.1, 0.15) is 15.9 Å². The number of esters is 1. The fourth-order valence-electron chi connectivity index (χ4n) is 1.82. The molecule has 0 fully saturated rings. The normalized spacial score (nSPS) is 10.6. The lowest BCUT2D eigenvalue weighted by Crippen LogP contribution is -2.12. The van der Waals surface area contributed by atoms with Crippen LogP contribution in [0, 0.1) is 5.82 Å². The monoisotopic (exact) mass is 392 g/mol. The van der Waals surface area contributed by atoms with Gasteiger partial charge in [-0.2, -0.15) is 0 Å². The summed E-state index contributed by atoms with van der Waals surface area (Å²) in [5.74, 6) is -0.726. The average Bonchev–Trinajstić information content (AvgIpc) is 2.60. The molecule has 0 spiro atoms. The Labute approximate surface area is 147 Å². The predicted molar refractivity (Wildman–Crippen MR) is 91.4 cm³/mol. The number of ketones is 1. The van der Waals surface area contributed by atoms with E-state index in [4.69, 9.17) is 4.74 Å². The van der Waals surface area contributed by atoms with Gasteiger partial charge in [0.05, 0.1) is 7.11 Å². The number of methoxy groups -OCH3 is 1. The van der Waals surface area contributed by atoms with E-state index in [-0.39, 0.29) is 12.4 Å². The minimum atomic E-state index is -0.492. The first-order chi connectivity index (χ1) is 11.5. The summed E-state index contributed by atoms with van der Waals surface area (Å²) >= 11 is 3.25. The van der Waals surface area contributed by atoms with Crippen molar-refractivity contribution in [2.24, 2.45) is 0 Å². The standard InChI is InChI=1S/C18H14BrFO4/c1-23-18(22)11-24-15-6-2-12(3-7-15)17(21)9-4-13-10-14(19)5-8-16(13)20/h2-10H,11H2,1H3. The molecule has 6 heteroatoms. The average molecular weight is 393 g/mol. The lowest BCUT2D eigenvalue weighted by molar-refractivity contribution is -0.142. The third-order valence-corrected chi connectivity index (χ3v) is 3.59. The van der Waals surface area contributed by atoms with E-state index in [1.165, 1.54) is 25.3 Å². The molecule has 0 heterocycles. The van der Waals surface area contributed by atoms with Gasteiger partial charge >= 0.3 is 5.97 Å². The third kappa shape index (κ3) is 5.03. The van der Waals surface area contributed by atoms with Crippen LogP contribution in [-0.2, 0) is 9.53 Å². The van der Waals surface area contributed by atoms with Gasteiger partial charge in [-0.15, -0.1) is 0 Å². The van der Waals surface area contributed by atoms with Crippen LogP contribution in [0.2, 0.25) is 0 Å². The number of benzene rings is 2. The molecule has 2 aromatic carbocycles. The molecule has 0 aliphatic rings. The van der Waals surface area contributed by atoms with Gasteiger partial charge in [0.2, 0.25) is 0 Å². The third-order valence-electron chi connectivity index (χ3n) is 3.10. The zero-order valence-electron chi connectivity index (χ0n) is 12.8. The highest BCUT2D eigenvalue weighted by atomic mass is 79.9. The van der Waals surface area contributed by atoms with Crippen LogP contribution in [0.25, 0.3) is 6.08 Å². The molecular formula is C18H14BrFO4. The number of ether oxygens (including phenoxy) is 2. The number of carbonyl (C=O) groups is 2. The second-order valence-corrected chi connectivity index (χ2v) is 5.67. The molecule has 124 valence electrons. The van der Waals surface area contributed by atoms with E-state index in [1.807, 2.05) is 0 Å². The molecule has 2 aromatic rings. The van der Waals surface area contributed by atoms with Crippen molar-refractivity contribution in [2.45, 2.75) is 0 Å². The maximum Gasteiger partial charge on any atom is 0.343 e. The Morgan fingerprint density at radius 2 is 1.88 bits per heavy atom. The maximum absolute atomic E-state index is 13.6. The van der Waals surface area contributed by atoms with Crippen LogP contribution in [0.15, 0.2) is 53.0 Å². The molecule has 0 aliphatic carbocycles. The molecule has 0 radical (unpaired) electrons. The lowest BCUT2D eigenvalue weighted by Gasteiger charge is -2.05. The van der Waals surface area contributed by atoms with Gasteiger partial charge < -0.3 is 9.47 Å². The second kappa shape index (κ2) is 8.40. The quantitative estimate of drug-likeness (QED) is 0.423. The highest BCUT2D eigenvalue weighted by Gasteiger charge is 2.05. The molecule has 0 saturated heterocycles.